The maximum Gasteiger partial charge on any atom is 0.321 e. The topological polar surface area (TPSA) is 101 Å². The van der Waals surface area contributed by atoms with Gasteiger partial charge in [0.05, 0.1) is 0 Å². The molecule has 1 aromatic carbocycles. The van der Waals surface area contributed by atoms with Gasteiger partial charge >= 0.3 is 5.97 Å². The number of nitrogens with one attached hydrogen (secondary N) is 1. The van der Waals surface area contributed by atoms with E-state index >= 15 is 0 Å². The second-order valence-corrected chi connectivity index (χ2v) is 6.72. The number of anilines is 1. The van der Waals surface area contributed by atoms with Crippen LogP contribution in [0.3, 0.4) is 0 Å². The fraction of sp³-hybridized carbons (Fsp3) is 0.333. The van der Waals surface area contributed by atoms with E-state index in [0.717, 1.165) is 0 Å². The summed E-state index contributed by atoms with van der Waals surface area (Å²) in [5, 5.41) is 10.00. The third-order valence-electron chi connectivity index (χ3n) is 2.52. The summed E-state index contributed by atoms with van der Waals surface area (Å²) in [6.07, 6.45) is -0.0951. The Morgan fingerprint density at radius 1 is 1.40 bits per heavy atom. The zero-order valence-corrected chi connectivity index (χ0v) is 12.2. The van der Waals surface area contributed by atoms with Crippen molar-refractivity contribution in [2.24, 2.45) is 0 Å². The summed E-state index contributed by atoms with van der Waals surface area (Å²) in [6.45, 7) is 1.44. The molecule has 1 aromatic rings. The van der Waals surface area contributed by atoms with Crippen molar-refractivity contribution in [2.45, 2.75) is 18.6 Å². The molecule has 8 heteroatoms. The van der Waals surface area contributed by atoms with Gasteiger partial charge in [0, 0.05) is 10.7 Å². The number of carbonyl (C=O) groups is 2. The van der Waals surface area contributed by atoms with Gasteiger partial charge in [0.25, 0.3) is 0 Å². The van der Waals surface area contributed by atoms with Crippen LogP contribution in [0.1, 0.15) is 13.3 Å². The second kappa shape index (κ2) is 6.71. The number of aliphatic carboxylic acids is 1. The molecule has 0 saturated carbocycles. The van der Waals surface area contributed by atoms with E-state index in [0.29, 0.717) is 10.7 Å². The first-order valence-corrected chi connectivity index (χ1v) is 7.85. The number of halogens is 1. The predicted octanol–water partition coefficient (Wildman–Crippen LogP) is 1.56. The number of hydrogen-bond donors (Lipinski definition) is 2. The van der Waals surface area contributed by atoms with E-state index in [9.17, 15) is 18.0 Å². The van der Waals surface area contributed by atoms with Crippen molar-refractivity contribution in [3.8, 4) is 0 Å². The van der Waals surface area contributed by atoms with Crippen molar-refractivity contribution >= 4 is 39.0 Å². The van der Waals surface area contributed by atoms with Gasteiger partial charge < -0.3 is 10.4 Å². The molecule has 0 spiro atoms. The van der Waals surface area contributed by atoms with Gasteiger partial charge in [-0.3, -0.25) is 9.59 Å². The Kier molecular flexibility index (Phi) is 5.52. The minimum absolute atomic E-state index is 0.0951. The monoisotopic (exact) mass is 319 g/mol. The average molecular weight is 320 g/mol. The fourth-order valence-electron chi connectivity index (χ4n) is 1.63. The van der Waals surface area contributed by atoms with Gasteiger partial charge in [-0.05, 0) is 24.6 Å². The number of sulfone groups is 1. The molecule has 0 radical (unpaired) electrons. The maximum atomic E-state index is 11.8. The Bertz CT molecular complexity index is 614. The summed E-state index contributed by atoms with van der Waals surface area (Å²) in [4.78, 5) is 22.5. The van der Waals surface area contributed by atoms with Crippen LogP contribution in [0, 0.1) is 0 Å². The molecule has 2 N–H and O–H groups in total. The number of carbonyl (C=O) groups excluding carboxylic acids is 1. The van der Waals surface area contributed by atoms with Crippen LogP contribution in [0.25, 0.3) is 0 Å². The van der Waals surface area contributed by atoms with Crippen LogP contribution in [0.5, 0.6) is 0 Å². The fourth-order valence-corrected chi connectivity index (χ4v) is 3.27. The molecule has 0 saturated heterocycles. The third-order valence-corrected chi connectivity index (χ3v) is 4.82. The van der Waals surface area contributed by atoms with Crippen molar-refractivity contribution < 1.29 is 23.1 Å². The minimum Gasteiger partial charge on any atom is -0.480 e. The molecule has 6 nitrogen and oxygen atoms in total. The predicted molar refractivity (Wildman–Crippen MR) is 75.6 cm³/mol. The summed E-state index contributed by atoms with van der Waals surface area (Å²) in [5.74, 6) is -3.14. The molecule has 0 fully saturated rings. The van der Waals surface area contributed by atoms with Crippen molar-refractivity contribution in [2.75, 3.05) is 11.1 Å². The number of hydrogen-bond acceptors (Lipinski definition) is 4. The molecule has 0 aliphatic carbocycles. The van der Waals surface area contributed by atoms with E-state index in [-0.39, 0.29) is 6.42 Å². The lowest BCUT2D eigenvalue weighted by molar-refractivity contribution is -0.136. The van der Waals surface area contributed by atoms with Gasteiger partial charge in [0.2, 0.25) is 5.91 Å². The largest absolute Gasteiger partial charge is 0.480 e. The van der Waals surface area contributed by atoms with Crippen LogP contribution in [0.4, 0.5) is 5.69 Å². The summed E-state index contributed by atoms with van der Waals surface area (Å²) in [6, 6.07) is 6.20. The van der Waals surface area contributed by atoms with Crippen molar-refractivity contribution in [3.05, 3.63) is 29.3 Å². The van der Waals surface area contributed by atoms with Crippen molar-refractivity contribution in [1.29, 1.82) is 0 Å². The van der Waals surface area contributed by atoms with E-state index in [2.05, 4.69) is 5.32 Å². The molecule has 20 heavy (non-hydrogen) atoms. The van der Waals surface area contributed by atoms with Crippen LogP contribution in [-0.2, 0) is 19.4 Å². The maximum absolute atomic E-state index is 11.8. The first-order valence-electron chi connectivity index (χ1n) is 5.76. The van der Waals surface area contributed by atoms with Crippen LogP contribution < -0.4 is 5.32 Å². The summed E-state index contributed by atoms with van der Waals surface area (Å²) in [5.41, 5.74) is 0.348. The zero-order valence-electron chi connectivity index (χ0n) is 10.7. The number of rotatable bonds is 6. The summed E-state index contributed by atoms with van der Waals surface area (Å²) < 4.78 is 23.6. The lowest BCUT2D eigenvalue weighted by atomic mass is 10.3. The Hall–Kier alpha value is -1.60. The van der Waals surface area contributed by atoms with Gasteiger partial charge in [0.1, 0.15) is 5.75 Å². The SMILES string of the molecule is CCC(C(=O)O)S(=O)(=O)CC(=O)Nc1cccc(Cl)c1. The van der Waals surface area contributed by atoms with Gasteiger partial charge in [-0.2, -0.15) is 0 Å². The second-order valence-electron chi connectivity index (χ2n) is 4.10. The lowest BCUT2D eigenvalue weighted by Crippen LogP contribution is -2.35. The molecule has 1 rings (SSSR count). The van der Waals surface area contributed by atoms with E-state index in [1.165, 1.54) is 13.0 Å². The Morgan fingerprint density at radius 2 is 2.05 bits per heavy atom. The Morgan fingerprint density at radius 3 is 2.55 bits per heavy atom. The average Bonchev–Trinajstić information content (AvgIpc) is 2.27. The lowest BCUT2D eigenvalue weighted by Gasteiger charge is -2.11. The normalized spacial score (nSPS) is 12.7. The van der Waals surface area contributed by atoms with Crippen molar-refractivity contribution in [3.63, 3.8) is 0 Å². The highest BCUT2D eigenvalue weighted by Crippen LogP contribution is 2.15. The highest BCUT2D eigenvalue weighted by molar-refractivity contribution is 7.93. The smallest absolute Gasteiger partial charge is 0.321 e. The Labute approximate surface area is 121 Å². The van der Waals surface area contributed by atoms with Gasteiger partial charge in [-0.1, -0.05) is 24.6 Å². The first-order chi connectivity index (χ1) is 9.26. The summed E-state index contributed by atoms with van der Waals surface area (Å²) >= 11 is 5.73. The molecular formula is C12H14ClNO5S. The number of amides is 1. The van der Waals surface area contributed by atoms with E-state index < -0.39 is 32.7 Å². The molecule has 0 aromatic heterocycles. The quantitative estimate of drug-likeness (QED) is 0.828. The van der Waals surface area contributed by atoms with Gasteiger partial charge in [-0.15, -0.1) is 0 Å². The molecule has 0 aliphatic rings. The highest BCUT2D eigenvalue weighted by Gasteiger charge is 2.32. The molecule has 0 bridgehead atoms. The molecule has 1 unspecified atom stereocenters. The molecular weight excluding hydrogens is 306 g/mol. The van der Waals surface area contributed by atoms with E-state index in [1.54, 1.807) is 18.2 Å². The molecule has 1 atom stereocenters. The van der Waals surface area contributed by atoms with E-state index in [4.69, 9.17) is 16.7 Å². The van der Waals surface area contributed by atoms with Crippen molar-refractivity contribution in [1.82, 2.24) is 0 Å². The number of benzene rings is 1. The highest BCUT2D eigenvalue weighted by atomic mass is 35.5. The van der Waals surface area contributed by atoms with Gasteiger partial charge in [0.15, 0.2) is 15.1 Å². The van der Waals surface area contributed by atoms with Crippen LogP contribution >= 0.6 is 11.6 Å². The minimum atomic E-state index is -4.05. The Balaban J connectivity index is 2.78. The van der Waals surface area contributed by atoms with E-state index in [1.807, 2.05) is 0 Å². The molecule has 0 heterocycles. The van der Waals surface area contributed by atoms with Crippen LogP contribution in [0.15, 0.2) is 24.3 Å². The standard InChI is InChI=1S/C12H14ClNO5S/c1-2-10(12(16)17)20(18,19)7-11(15)14-9-5-3-4-8(13)6-9/h3-6,10H,2,7H2,1H3,(H,14,15)(H,16,17). The number of carboxylic acid groups (broad SMARTS) is 1. The zero-order chi connectivity index (χ0) is 15.3. The van der Waals surface area contributed by atoms with Crippen LogP contribution in [0.2, 0.25) is 5.02 Å². The first kappa shape index (κ1) is 16.5. The summed E-state index contributed by atoms with van der Waals surface area (Å²) in [7, 11) is -4.05. The van der Waals surface area contributed by atoms with Gasteiger partial charge in [-0.25, -0.2) is 8.42 Å². The molecule has 110 valence electrons. The third kappa shape index (κ3) is 4.50. The molecule has 1 amide bonds. The molecule has 0 aliphatic heterocycles. The van der Waals surface area contributed by atoms with Crippen LogP contribution in [-0.4, -0.2) is 36.4 Å². The number of carboxylic acids is 1.